The van der Waals surface area contributed by atoms with Crippen molar-refractivity contribution < 1.29 is 27.8 Å². The Hall–Kier alpha value is -1.73. The van der Waals surface area contributed by atoms with Crippen LogP contribution in [0.1, 0.15) is 24.8 Å². The molecule has 1 N–H and O–H groups in total. The number of nitrogens with one attached hydrogen (secondary N) is 1. The zero-order chi connectivity index (χ0) is 17.2. The molecular formula is C17H23F2NO4. The monoisotopic (exact) mass is 343 g/mol. The lowest BCUT2D eigenvalue weighted by Crippen LogP contribution is -2.27. The van der Waals surface area contributed by atoms with Crippen LogP contribution in [-0.2, 0) is 20.7 Å². The number of benzene rings is 1. The molecule has 1 fully saturated rings. The van der Waals surface area contributed by atoms with Crippen LogP contribution in [0.4, 0.5) is 8.78 Å². The van der Waals surface area contributed by atoms with Crippen LogP contribution in [0.15, 0.2) is 24.3 Å². The van der Waals surface area contributed by atoms with Gasteiger partial charge in [0.2, 0.25) is 5.91 Å². The number of amides is 1. The molecule has 1 aliphatic heterocycles. The van der Waals surface area contributed by atoms with E-state index in [0.29, 0.717) is 19.8 Å². The molecule has 1 atom stereocenters. The van der Waals surface area contributed by atoms with Crippen molar-refractivity contribution in [3.8, 4) is 5.75 Å². The molecule has 7 heteroatoms. The van der Waals surface area contributed by atoms with Gasteiger partial charge in [0.25, 0.3) is 0 Å². The normalized spacial score (nSPS) is 17.2. The Morgan fingerprint density at radius 1 is 1.33 bits per heavy atom. The predicted octanol–water partition coefficient (Wildman–Crippen LogP) is 2.53. The standard InChI is InChI=1S/C17H23F2NO4/c18-17(19)24-14-6-4-13(5-7-14)11-16(21)20-8-2-9-22-12-15-3-1-10-23-15/h4-7,15,17H,1-3,8-12H2,(H,20,21). The van der Waals surface area contributed by atoms with Crippen LogP contribution in [0.25, 0.3) is 0 Å². The Morgan fingerprint density at radius 2 is 2.12 bits per heavy atom. The summed E-state index contributed by atoms with van der Waals surface area (Å²) >= 11 is 0. The van der Waals surface area contributed by atoms with Gasteiger partial charge in [0.05, 0.1) is 19.1 Å². The molecule has 1 aromatic carbocycles. The molecular weight excluding hydrogens is 320 g/mol. The van der Waals surface area contributed by atoms with E-state index in [1.807, 2.05) is 0 Å². The summed E-state index contributed by atoms with van der Waals surface area (Å²) in [5.41, 5.74) is 0.740. The second kappa shape index (κ2) is 10.2. The van der Waals surface area contributed by atoms with Gasteiger partial charge in [0.1, 0.15) is 5.75 Å². The fourth-order valence-electron chi connectivity index (χ4n) is 2.43. The summed E-state index contributed by atoms with van der Waals surface area (Å²) in [6, 6.07) is 6.05. The second-order valence-corrected chi connectivity index (χ2v) is 5.61. The second-order valence-electron chi connectivity index (χ2n) is 5.61. The maximum Gasteiger partial charge on any atom is 0.387 e. The average molecular weight is 343 g/mol. The smallest absolute Gasteiger partial charge is 0.387 e. The first-order valence-corrected chi connectivity index (χ1v) is 8.13. The summed E-state index contributed by atoms with van der Waals surface area (Å²) in [7, 11) is 0. The molecule has 1 saturated heterocycles. The average Bonchev–Trinajstić information content (AvgIpc) is 3.05. The first-order valence-electron chi connectivity index (χ1n) is 8.13. The van der Waals surface area contributed by atoms with Crippen LogP contribution in [0.2, 0.25) is 0 Å². The lowest BCUT2D eigenvalue weighted by Gasteiger charge is -2.10. The van der Waals surface area contributed by atoms with E-state index >= 15 is 0 Å². The highest BCUT2D eigenvalue weighted by atomic mass is 19.3. The van der Waals surface area contributed by atoms with Crippen molar-refractivity contribution in [1.82, 2.24) is 5.32 Å². The van der Waals surface area contributed by atoms with E-state index < -0.39 is 6.61 Å². The van der Waals surface area contributed by atoms with Crippen molar-refractivity contribution in [3.63, 3.8) is 0 Å². The number of halogens is 2. The van der Waals surface area contributed by atoms with Crippen LogP contribution in [0.5, 0.6) is 5.75 Å². The van der Waals surface area contributed by atoms with Gasteiger partial charge < -0.3 is 19.5 Å². The van der Waals surface area contributed by atoms with Gasteiger partial charge in [-0.2, -0.15) is 8.78 Å². The number of hydrogen-bond donors (Lipinski definition) is 1. The molecule has 0 aliphatic carbocycles. The maximum atomic E-state index is 12.0. The van der Waals surface area contributed by atoms with Gasteiger partial charge in [0.15, 0.2) is 0 Å². The number of alkyl halides is 2. The van der Waals surface area contributed by atoms with E-state index in [0.717, 1.165) is 31.4 Å². The highest BCUT2D eigenvalue weighted by Gasteiger charge is 2.14. The lowest BCUT2D eigenvalue weighted by molar-refractivity contribution is -0.120. The summed E-state index contributed by atoms with van der Waals surface area (Å²) in [6.45, 7) is -0.293. The largest absolute Gasteiger partial charge is 0.435 e. The van der Waals surface area contributed by atoms with Gasteiger partial charge in [-0.25, -0.2) is 0 Å². The van der Waals surface area contributed by atoms with Crippen LogP contribution in [-0.4, -0.2) is 45.0 Å². The molecule has 1 unspecified atom stereocenters. The number of ether oxygens (including phenoxy) is 3. The van der Waals surface area contributed by atoms with E-state index in [1.54, 1.807) is 12.1 Å². The van der Waals surface area contributed by atoms with Crippen LogP contribution in [0, 0.1) is 0 Å². The SMILES string of the molecule is O=C(Cc1ccc(OC(F)F)cc1)NCCCOCC1CCCO1. The highest BCUT2D eigenvalue weighted by Crippen LogP contribution is 2.15. The molecule has 0 saturated carbocycles. The number of hydrogen-bond acceptors (Lipinski definition) is 4. The third kappa shape index (κ3) is 7.23. The van der Waals surface area contributed by atoms with Crippen molar-refractivity contribution in [2.24, 2.45) is 0 Å². The molecule has 1 amide bonds. The summed E-state index contributed by atoms with van der Waals surface area (Å²) in [4.78, 5) is 11.8. The van der Waals surface area contributed by atoms with Crippen molar-refractivity contribution in [3.05, 3.63) is 29.8 Å². The Labute approximate surface area is 140 Å². The van der Waals surface area contributed by atoms with Gasteiger partial charge in [-0.05, 0) is 37.0 Å². The van der Waals surface area contributed by atoms with Gasteiger partial charge in [-0.1, -0.05) is 12.1 Å². The van der Waals surface area contributed by atoms with Crippen molar-refractivity contribution >= 4 is 5.91 Å². The van der Waals surface area contributed by atoms with Crippen LogP contribution >= 0.6 is 0 Å². The molecule has 0 radical (unpaired) electrons. The summed E-state index contributed by atoms with van der Waals surface area (Å²) in [5, 5.41) is 2.80. The number of carbonyl (C=O) groups excluding carboxylic acids is 1. The minimum Gasteiger partial charge on any atom is -0.435 e. The van der Waals surface area contributed by atoms with Gasteiger partial charge in [-0.15, -0.1) is 0 Å². The zero-order valence-electron chi connectivity index (χ0n) is 13.5. The fourth-order valence-corrected chi connectivity index (χ4v) is 2.43. The van der Waals surface area contributed by atoms with E-state index in [9.17, 15) is 13.6 Å². The summed E-state index contributed by atoms with van der Waals surface area (Å²) in [5.74, 6) is -0.0331. The predicted molar refractivity (Wildman–Crippen MR) is 84.2 cm³/mol. The topological polar surface area (TPSA) is 56.8 Å². The van der Waals surface area contributed by atoms with E-state index in [2.05, 4.69) is 10.1 Å². The Balaban J connectivity index is 1.54. The van der Waals surface area contributed by atoms with Crippen molar-refractivity contribution in [1.29, 1.82) is 0 Å². The minimum absolute atomic E-state index is 0.0811. The van der Waals surface area contributed by atoms with E-state index in [4.69, 9.17) is 9.47 Å². The van der Waals surface area contributed by atoms with Gasteiger partial charge in [0, 0.05) is 19.8 Å². The molecule has 1 heterocycles. The molecule has 24 heavy (non-hydrogen) atoms. The number of carbonyl (C=O) groups is 1. The molecule has 5 nitrogen and oxygen atoms in total. The van der Waals surface area contributed by atoms with Gasteiger partial charge >= 0.3 is 6.61 Å². The van der Waals surface area contributed by atoms with E-state index in [1.165, 1.54) is 12.1 Å². The molecule has 1 aliphatic rings. The maximum absolute atomic E-state index is 12.0. The first kappa shape index (κ1) is 18.6. The summed E-state index contributed by atoms with van der Waals surface area (Å²) < 4.78 is 39.3. The quantitative estimate of drug-likeness (QED) is 0.663. The Bertz CT molecular complexity index is 490. The molecule has 2 rings (SSSR count). The highest BCUT2D eigenvalue weighted by molar-refractivity contribution is 5.78. The van der Waals surface area contributed by atoms with Crippen molar-refractivity contribution in [2.75, 3.05) is 26.4 Å². The number of rotatable bonds is 10. The van der Waals surface area contributed by atoms with Crippen LogP contribution < -0.4 is 10.1 Å². The zero-order valence-corrected chi connectivity index (χ0v) is 13.5. The molecule has 1 aromatic rings. The first-order chi connectivity index (χ1) is 11.6. The lowest BCUT2D eigenvalue weighted by atomic mass is 10.1. The molecule has 134 valence electrons. The molecule has 0 spiro atoms. The van der Waals surface area contributed by atoms with Crippen molar-refractivity contribution in [2.45, 2.75) is 38.4 Å². The third-order valence-corrected chi connectivity index (χ3v) is 3.63. The van der Waals surface area contributed by atoms with Crippen LogP contribution in [0.3, 0.4) is 0 Å². The Morgan fingerprint density at radius 3 is 2.79 bits per heavy atom. The summed E-state index contributed by atoms with van der Waals surface area (Å²) in [6.07, 6.45) is 3.30. The molecule has 0 bridgehead atoms. The third-order valence-electron chi connectivity index (χ3n) is 3.63. The molecule has 0 aromatic heterocycles. The van der Waals surface area contributed by atoms with Gasteiger partial charge in [-0.3, -0.25) is 4.79 Å². The minimum atomic E-state index is -2.85. The fraction of sp³-hybridized carbons (Fsp3) is 0.588. The van der Waals surface area contributed by atoms with E-state index in [-0.39, 0.29) is 24.2 Å². The Kier molecular flexibility index (Phi) is 7.91.